The van der Waals surface area contributed by atoms with Gasteiger partial charge in [0.05, 0.1) is 13.2 Å². The van der Waals surface area contributed by atoms with Crippen LogP contribution in [-0.2, 0) is 13.1 Å². The van der Waals surface area contributed by atoms with E-state index in [0.717, 1.165) is 50.8 Å². The minimum atomic E-state index is 0.301. The molecule has 5 heteroatoms. The number of para-hydroxylation sites is 2. The van der Waals surface area contributed by atoms with E-state index in [9.17, 15) is 0 Å². The lowest BCUT2D eigenvalue weighted by molar-refractivity contribution is 0.186. The van der Waals surface area contributed by atoms with Crippen LogP contribution in [0.1, 0.15) is 18.1 Å². The van der Waals surface area contributed by atoms with Gasteiger partial charge in [-0.2, -0.15) is 0 Å². The molecule has 0 bridgehead atoms. The number of fused-ring (bicyclic) bond motifs is 2. The van der Waals surface area contributed by atoms with Crippen molar-refractivity contribution in [1.82, 2.24) is 16.0 Å². The van der Waals surface area contributed by atoms with Crippen molar-refractivity contribution in [3.63, 3.8) is 0 Å². The molecule has 1 aliphatic rings. The van der Waals surface area contributed by atoms with Crippen molar-refractivity contribution < 1.29 is 9.47 Å². The van der Waals surface area contributed by atoms with Crippen LogP contribution >= 0.6 is 0 Å². The second-order valence-corrected chi connectivity index (χ2v) is 7.05. The van der Waals surface area contributed by atoms with Crippen molar-refractivity contribution in [2.24, 2.45) is 5.92 Å². The summed E-state index contributed by atoms with van der Waals surface area (Å²) in [6, 6.07) is 16.5. The van der Waals surface area contributed by atoms with Crippen LogP contribution in [0.15, 0.2) is 48.5 Å². The first kappa shape index (κ1) is 19.7. The molecule has 0 unspecified atom stereocenters. The first-order valence-electron chi connectivity index (χ1n) is 9.86. The highest BCUT2D eigenvalue weighted by molar-refractivity contribution is 5.34. The summed E-state index contributed by atoms with van der Waals surface area (Å²) < 4.78 is 12.2. The lowest BCUT2D eigenvalue weighted by Gasteiger charge is -2.18. The minimum Gasteiger partial charge on any atom is -0.493 e. The molecule has 1 heterocycles. The SMILES string of the molecule is CC1COc2ccccc2CNCCNCCNCc2ccccc2OC1. The van der Waals surface area contributed by atoms with Crippen LogP contribution in [0, 0.1) is 5.92 Å². The van der Waals surface area contributed by atoms with Gasteiger partial charge in [-0.15, -0.1) is 0 Å². The van der Waals surface area contributed by atoms with E-state index in [0.29, 0.717) is 19.1 Å². The van der Waals surface area contributed by atoms with Crippen LogP contribution in [0.5, 0.6) is 11.5 Å². The van der Waals surface area contributed by atoms with Crippen LogP contribution in [-0.4, -0.2) is 39.4 Å². The van der Waals surface area contributed by atoms with E-state index in [1.807, 2.05) is 24.3 Å². The third-order valence-corrected chi connectivity index (χ3v) is 4.58. The third kappa shape index (κ3) is 6.54. The molecule has 5 nitrogen and oxygen atoms in total. The maximum Gasteiger partial charge on any atom is 0.123 e. The van der Waals surface area contributed by atoms with Gasteiger partial charge < -0.3 is 25.4 Å². The topological polar surface area (TPSA) is 54.5 Å². The smallest absolute Gasteiger partial charge is 0.123 e. The molecule has 0 spiro atoms. The lowest BCUT2D eigenvalue weighted by Crippen LogP contribution is -2.32. The van der Waals surface area contributed by atoms with Gasteiger partial charge in [-0.05, 0) is 12.1 Å². The van der Waals surface area contributed by atoms with E-state index in [1.165, 1.54) is 11.1 Å². The Kier molecular flexibility index (Phi) is 7.96. The molecule has 0 radical (unpaired) electrons. The molecule has 2 aromatic carbocycles. The largest absolute Gasteiger partial charge is 0.493 e. The van der Waals surface area contributed by atoms with Gasteiger partial charge in [-0.1, -0.05) is 43.3 Å². The molecule has 1 aliphatic heterocycles. The fraction of sp³-hybridized carbons (Fsp3) is 0.455. The van der Waals surface area contributed by atoms with Crippen molar-refractivity contribution >= 4 is 0 Å². The van der Waals surface area contributed by atoms with E-state index >= 15 is 0 Å². The fourth-order valence-corrected chi connectivity index (χ4v) is 3.02. The first-order chi connectivity index (χ1) is 13.3. The van der Waals surface area contributed by atoms with Crippen molar-refractivity contribution in [1.29, 1.82) is 0 Å². The van der Waals surface area contributed by atoms with Gasteiger partial charge in [-0.3, -0.25) is 0 Å². The molecule has 146 valence electrons. The fourth-order valence-electron chi connectivity index (χ4n) is 3.02. The molecule has 0 aromatic heterocycles. The summed E-state index contributed by atoms with van der Waals surface area (Å²) in [6.45, 7) is 8.82. The van der Waals surface area contributed by atoms with Crippen LogP contribution < -0.4 is 25.4 Å². The van der Waals surface area contributed by atoms with Crippen molar-refractivity contribution in [3.05, 3.63) is 59.7 Å². The molecule has 0 amide bonds. The maximum atomic E-state index is 6.09. The zero-order valence-electron chi connectivity index (χ0n) is 16.2. The summed E-state index contributed by atoms with van der Waals surface area (Å²) in [5, 5.41) is 10.4. The highest BCUT2D eigenvalue weighted by Crippen LogP contribution is 2.20. The Bertz CT molecular complexity index is 635. The highest BCUT2D eigenvalue weighted by Gasteiger charge is 2.10. The molecule has 27 heavy (non-hydrogen) atoms. The Labute approximate surface area is 162 Å². The number of ether oxygens (including phenoxy) is 2. The maximum absolute atomic E-state index is 6.09. The van der Waals surface area contributed by atoms with E-state index in [-0.39, 0.29) is 0 Å². The Morgan fingerprint density at radius 1 is 0.667 bits per heavy atom. The molecule has 0 saturated heterocycles. The second kappa shape index (κ2) is 10.9. The molecule has 0 aliphatic carbocycles. The van der Waals surface area contributed by atoms with Crippen LogP contribution in [0.2, 0.25) is 0 Å². The van der Waals surface area contributed by atoms with Crippen molar-refractivity contribution in [2.45, 2.75) is 20.0 Å². The molecular formula is C22H31N3O2. The Hall–Kier alpha value is -2.08. The minimum absolute atomic E-state index is 0.301. The second-order valence-electron chi connectivity index (χ2n) is 7.05. The Balaban J connectivity index is 1.65. The average Bonchev–Trinajstić information content (AvgIpc) is 2.70. The van der Waals surface area contributed by atoms with Crippen LogP contribution in [0.25, 0.3) is 0 Å². The van der Waals surface area contributed by atoms with Crippen LogP contribution in [0.3, 0.4) is 0 Å². The van der Waals surface area contributed by atoms with Gasteiger partial charge >= 0.3 is 0 Å². The number of rotatable bonds is 0. The highest BCUT2D eigenvalue weighted by atomic mass is 16.5. The van der Waals surface area contributed by atoms with E-state index in [2.05, 4.69) is 47.1 Å². The summed E-state index contributed by atoms with van der Waals surface area (Å²) in [6.07, 6.45) is 0. The van der Waals surface area contributed by atoms with Gasteiger partial charge in [0.15, 0.2) is 0 Å². The molecule has 3 rings (SSSR count). The summed E-state index contributed by atoms with van der Waals surface area (Å²) in [7, 11) is 0. The number of hydrogen-bond donors (Lipinski definition) is 3. The molecule has 0 fully saturated rings. The predicted octanol–water partition coefficient (Wildman–Crippen LogP) is 2.56. The third-order valence-electron chi connectivity index (χ3n) is 4.58. The standard InChI is InChI=1S/C22H31N3O2/c1-18-16-26-21-8-4-2-6-19(21)14-24-12-10-23-11-13-25-15-20-7-3-5-9-22(20)27-17-18/h2-9,18,23-25H,10-17H2,1H3. The quantitative estimate of drug-likeness (QED) is 0.666. The summed E-state index contributed by atoms with van der Waals surface area (Å²) in [5.74, 6) is 2.21. The number of hydrogen-bond acceptors (Lipinski definition) is 5. The molecule has 2 aromatic rings. The van der Waals surface area contributed by atoms with Gasteiger partial charge in [0.2, 0.25) is 0 Å². The molecule has 0 saturated carbocycles. The summed E-state index contributed by atoms with van der Waals surface area (Å²) >= 11 is 0. The van der Waals surface area contributed by atoms with E-state index < -0.39 is 0 Å². The zero-order valence-corrected chi connectivity index (χ0v) is 16.2. The lowest BCUT2D eigenvalue weighted by atomic mass is 10.1. The summed E-state index contributed by atoms with van der Waals surface area (Å²) in [5.41, 5.74) is 2.39. The first-order valence-corrected chi connectivity index (χ1v) is 9.86. The van der Waals surface area contributed by atoms with Gasteiger partial charge in [0, 0.05) is 56.3 Å². The van der Waals surface area contributed by atoms with Crippen molar-refractivity contribution in [3.8, 4) is 11.5 Å². The number of nitrogens with one attached hydrogen (secondary N) is 3. The van der Waals surface area contributed by atoms with E-state index in [4.69, 9.17) is 9.47 Å². The van der Waals surface area contributed by atoms with Crippen LogP contribution in [0.4, 0.5) is 0 Å². The normalized spacial score (nSPS) is 18.1. The monoisotopic (exact) mass is 369 g/mol. The number of benzene rings is 2. The van der Waals surface area contributed by atoms with E-state index in [1.54, 1.807) is 0 Å². The predicted molar refractivity (Wildman–Crippen MR) is 109 cm³/mol. The molecule has 0 atom stereocenters. The van der Waals surface area contributed by atoms with Gasteiger partial charge in [0.1, 0.15) is 11.5 Å². The molecular weight excluding hydrogens is 338 g/mol. The zero-order chi connectivity index (χ0) is 18.7. The van der Waals surface area contributed by atoms with Gasteiger partial charge in [-0.25, -0.2) is 0 Å². The average molecular weight is 370 g/mol. The van der Waals surface area contributed by atoms with Crippen molar-refractivity contribution in [2.75, 3.05) is 39.4 Å². The summed E-state index contributed by atoms with van der Waals surface area (Å²) in [4.78, 5) is 0. The Morgan fingerprint density at radius 3 is 1.63 bits per heavy atom. The Morgan fingerprint density at radius 2 is 1.11 bits per heavy atom. The molecule has 3 N–H and O–H groups in total. The van der Waals surface area contributed by atoms with Gasteiger partial charge in [0.25, 0.3) is 0 Å².